The van der Waals surface area contributed by atoms with Crippen molar-refractivity contribution in [2.75, 3.05) is 0 Å². The van der Waals surface area contributed by atoms with Crippen molar-refractivity contribution in [3.63, 3.8) is 0 Å². The van der Waals surface area contributed by atoms with Crippen molar-refractivity contribution in [2.45, 2.75) is 19.3 Å². The molecule has 86 valence electrons. The molecule has 0 spiro atoms. The quantitative estimate of drug-likeness (QED) is 0.716. The van der Waals surface area contributed by atoms with E-state index < -0.39 is 0 Å². The van der Waals surface area contributed by atoms with E-state index >= 15 is 0 Å². The Morgan fingerprint density at radius 3 is 2.12 bits per heavy atom. The van der Waals surface area contributed by atoms with Gasteiger partial charge in [0.25, 0.3) is 0 Å². The maximum Gasteiger partial charge on any atom is 0.120 e. The van der Waals surface area contributed by atoms with Crippen LogP contribution in [0.15, 0.2) is 54.6 Å². The Bertz CT molecular complexity index is 471. The Balaban J connectivity index is 2.21. The second-order valence-electron chi connectivity index (χ2n) is 4.29. The second kappa shape index (κ2) is 5.44. The highest BCUT2D eigenvalue weighted by Crippen LogP contribution is 2.23. The standard InChI is InChI=1S/C16H16O/c1-13(11-12-17)14-7-9-16(10-8-14)15-5-3-2-4-6-15/h2-10,12-13H,11H2,1H3. The molecule has 1 unspecified atom stereocenters. The Morgan fingerprint density at radius 2 is 1.53 bits per heavy atom. The SMILES string of the molecule is CC(CC=O)c1ccc(-c2ccccc2)cc1. The van der Waals surface area contributed by atoms with Crippen LogP contribution in [-0.4, -0.2) is 6.29 Å². The van der Waals surface area contributed by atoms with Gasteiger partial charge in [-0.3, -0.25) is 0 Å². The van der Waals surface area contributed by atoms with E-state index in [1.165, 1.54) is 16.7 Å². The molecule has 2 aromatic rings. The summed E-state index contributed by atoms with van der Waals surface area (Å²) in [7, 11) is 0. The number of aldehydes is 1. The van der Waals surface area contributed by atoms with Gasteiger partial charge in [0.05, 0.1) is 0 Å². The van der Waals surface area contributed by atoms with Gasteiger partial charge in [-0.05, 0) is 22.6 Å². The smallest absolute Gasteiger partial charge is 0.120 e. The lowest BCUT2D eigenvalue weighted by atomic mass is 9.96. The van der Waals surface area contributed by atoms with Crippen LogP contribution in [0.25, 0.3) is 11.1 Å². The minimum atomic E-state index is 0.303. The first-order chi connectivity index (χ1) is 8.31. The molecular formula is C16H16O. The van der Waals surface area contributed by atoms with Crippen LogP contribution in [0, 0.1) is 0 Å². The molecule has 0 fully saturated rings. The molecule has 0 aliphatic carbocycles. The number of hydrogen-bond acceptors (Lipinski definition) is 1. The first kappa shape index (κ1) is 11.6. The van der Waals surface area contributed by atoms with Crippen molar-refractivity contribution in [3.8, 4) is 11.1 Å². The molecule has 1 nitrogen and oxygen atoms in total. The van der Waals surface area contributed by atoms with Crippen LogP contribution in [0.5, 0.6) is 0 Å². The fourth-order valence-corrected chi connectivity index (χ4v) is 1.92. The zero-order chi connectivity index (χ0) is 12.1. The molecule has 0 radical (unpaired) electrons. The number of benzene rings is 2. The molecule has 2 aromatic carbocycles. The molecule has 1 atom stereocenters. The zero-order valence-electron chi connectivity index (χ0n) is 9.97. The van der Waals surface area contributed by atoms with Crippen molar-refractivity contribution in [2.24, 2.45) is 0 Å². The van der Waals surface area contributed by atoms with E-state index in [1.54, 1.807) is 0 Å². The molecule has 0 aromatic heterocycles. The van der Waals surface area contributed by atoms with E-state index in [0.717, 1.165) is 6.29 Å². The summed E-state index contributed by atoms with van der Waals surface area (Å²) in [6.45, 7) is 2.08. The Hall–Kier alpha value is -1.89. The summed E-state index contributed by atoms with van der Waals surface area (Å²) in [5.41, 5.74) is 3.66. The molecule has 17 heavy (non-hydrogen) atoms. The topological polar surface area (TPSA) is 17.1 Å². The highest BCUT2D eigenvalue weighted by atomic mass is 16.1. The number of hydrogen-bond donors (Lipinski definition) is 0. The van der Waals surface area contributed by atoms with Gasteiger partial charge >= 0.3 is 0 Å². The van der Waals surface area contributed by atoms with Crippen LogP contribution >= 0.6 is 0 Å². The molecule has 1 heteroatoms. The minimum absolute atomic E-state index is 0.303. The summed E-state index contributed by atoms with van der Waals surface area (Å²) in [5.74, 6) is 0.303. The van der Waals surface area contributed by atoms with Crippen LogP contribution in [0.4, 0.5) is 0 Å². The normalized spacial score (nSPS) is 12.1. The Morgan fingerprint density at radius 1 is 0.941 bits per heavy atom. The summed E-state index contributed by atoms with van der Waals surface area (Å²) in [5, 5.41) is 0. The van der Waals surface area contributed by atoms with Gasteiger partial charge in [-0.2, -0.15) is 0 Å². The highest BCUT2D eigenvalue weighted by molar-refractivity contribution is 5.63. The average molecular weight is 224 g/mol. The Labute approximate surface area is 102 Å². The lowest BCUT2D eigenvalue weighted by molar-refractivity contribution is -0.108. The van der Waals surface area contributed by atoms with Crippen LogP contribution in [0.1, 0.15) is 24.8 Å². The van der Waals surface area contributed by atoms with E-state index in [2.05, 4.69) is 43.3 Å². The van der Waals surface area contributed by atoms with Gasteiger partial charge in [0, 0.05) is 6.42 Å². The zero-order valence-corrected chi connectivity index (χ0v) is 9.97. The van der Waals surface area contributed by atoms with E-state index in [9.17, 15) is 4.79 Å². The molecule has 0 saturated heterocycles. The third-order valence-electron chi connectivity index (χ3n) is 3.04. The molecule has 0 aliphatic heterocycles. The van der Waals surface area contributed by atoms with Crippen molar-refractivity contribution in [3.05, 3.63) is 60.2 Å². The van der Waals surface area contributed by atoms with Crippen LogP contribution in [0.3, 0.4) is 0 Å². The fourth-order valence-electron chi connectivity index (χ4n) is 1.92. The van der Waals surface area contributed by atoms with Crippen molar-refractivity contribution >= 4 is 6.29 Å². The Kier molecular flexibility index (Phi) is 3.71. The molecule has 0 saturated carbocycles. The summed E-state index contributed by atoms with van der Waals surface area (Å²) < 4.78 is 0. The van der Waals surface area contributed by atoms with Gasteiger partial charge in [-0.15, -0.1) is 0 Å². The summed E-state index contributed by atoms with van der Waals surface area (Å²) >= 11 is 0. The van der Waals surface area contributed by atoms with Crippen LogP contribution < -0.4 is 0 Å². The molecule has 0 amide bonds. The second-order valence-corrected chi connectivity index (χ2v) is 4.29. The van der Waals surface area contributed by atoms with E-state index in [-0.39, 0.29) is 0 Å². The van der Waals surface area contributed by atoms with Crippen LogP contribution in [0.2, 0.25) is 0 Å². The fraction of sp³-hybridized carbons (Fsp3) is 0.188. The monoisotopic (exact) mass is 224 g/mol. The van der Waals surface area contributed by atoms with Crippen LogP contribution in [-0.2, 0) is 4.79 Å². The third-order valence-corrected chi connectivity index (χ3v) is 3.04. The number of rotatable bonds is 4. The summed E-state index contributed by atoms with van der Waals surface area (Å²) in [6, 6.07) is 18.7. The lowest BCUT2D eigenvalue weighted by Gasteiger charge is -2.09. The molecule has 0 aliphatic rings. The highest BCUT2D eigenvalue weighted by Gasteiger charge is 2.04. The number of carbonyl (C=O) groups excluding carboxylic acids is 1. The molecular weight excluding hydrogens is 208 g/mol. The van der Waals surface area contributed by atoms with Gasteiger partial charge in [0.2, 0.25) is 0 Å². The van der Waals surface area contributed by atoms with Gasteiger partial charge in [0.15, 0.2) is 0 Å². The van der Waals surface area contributed by atoms with Crippen molar-refractivity contribution in [1.29, 1.82) is 0 Å². The van der Waals surface area contributed by atoms with E-state index in [1.807, 2.05) is 18.2 Å². The first-order valence-corrected chi connectivity index (χ1v) is 5.90. The predicted molar refractivity (Wildman–Crippen MR) is 71.0 cm³/mol. The van der Waals surface area contributed by atoms with Gasteiger partial charge in [-0.1, -0.05) is 61.5 Å². The van der Waals surface area contributed by atoms with E-state index in [0.29, 0.717) is 12.3 Å². The summed E-state index contributed by atoms with van der Waals surface area (Å²) in [6.07, 6.45) is 1.57. The molecule has 0 bridgehead atoms. The third kappa shape index (κ3) is 2.82. The molecule has 0 heterocycles. The maximum atomic E-state index is 10.5. The van der Waals surface area contributed by atoms with Gasteiger partial charge in [0.1, 0.15) is 6.29 Å². The average Bonchev–Trinajstić information content (AvgIpc) is 2.40. The van der Waals surface area contributed by atoms with Gasteiger partial charge < -0.3 is 4.79 Å². The minimum Gasteiger partial charge on any atom is -0.303 e. The predicted octanol–water partition coefficient (Wildman–Crippen LogP) is 4.05. The largest absolute Gasteiger partial charge is 0.303 e. The lowest BCUT2D eigenvalue weighted by Crippen LogP contribution is -1.93. The molecule has 2 rings (SSSR count). The van der Waals surface area contributed by atoms with Crippen molar-refractivity contribution < 1.29 is 4.79 Å². The molecule has 0 N–H and O–H groups in total. The first-order valence-electron chi connectivity index (χ1n) is 5.90. The summed E-state index contributed by atoms with van der Waals surface area (Å²) in [4.78, 5) is 10.5. The van der Waals surface area contributed by atoms with E-state index in [4.69, 9.17) is 0 Å². The van der Waals surface area contributed by atoms with Crippen molar-refractivity contribution in [1.82, 2.24) is 0 Å². The number of carbonyl (C=O) groups is 1. The maximum absolute atomic E-state index is 10.5. The van der Waals surface area contributed by atoms with Gasteiger partial charge in [-0.25, -0.2) is 0 Å².